The van der Waals surface area contributed by atoms with Crippen molar-refractivity contribution in [1.29, 1.82) is 0 Å². The van der Waals surface area contributed by atoms with Crippen LogP contribution in [0.1, 0.15) is 12.5 Å². The molecular formula is C10H9ClF2. The van der Waals surface area contributed by atoms with Crippen LogP contribution in [-0.4, -0.2) is 5.88 Å². The van der Waals surface area contributed by atoms with E-state index in [1.807, 2.05) is 0 Å². The molecule has 0 aliphatic rings. The van der Waals surface area contributed by atoms with E-state index in [0.29, 0.717) is 0 Å². The van der Waals surface area contributed by atoms with Crippen LogP contribution in [0.2, 0.25) is 0 Å². The normalized spacial score (nSPS) is 11.8. The summed E-state index contributed by atoms with van der Waals surface area (Å²) in [5.41, 5.74) is 0.700. The van der Waals surface area contributed by atoms with Gasteiger partial charge in [-0.2, -0.15) is 0 Å². The second-order valence-electron chi connectivity index (χ2n) is 2.76. The Morgan fingerprint density at radius 1 is 1.38 bits per heavy atom. The molecule has 1 aromatic carbocycles. The van der Waals surface area contributed by atoms with Crippen molar-refractivity contribution in [3.05, 3.63) is 41.0 Å². The highest BCUT2D eigenvalue weighted by Crippen LogP contribution is 2.16. The van der Waals surface area contributed by atoms with E-state index in [-0.39, 0.29) is 11.4 Å². The number of halogens is 3. The van der Waals surface area contributed by atoms with Crippen LogP contribution in [0.3, 0.4) is 0 Å². The Morgan fingerprint density at radius 2 is 1.92 bits per heavy atom. The molecular weight excluding hydrogens is 194 g/mol. The molecule has 0 radical (unpaired) electrons. The summed E-state index contributed by atoms with van der Waals surface area (Å²) in [6.45, 7) is 1.72. The topological polar surface area (TPSA) is 0 Å². The first-order valence-corrected chi connectivity index (χ1v) is 4.35. The second kappa shape index (κ2) is 4.38. The van der Waals surface area contributed by atoms with Crippen molar-refractivity contribution in [2.24, 2.45) is 0 Å². The molecule has 3 heteroatoms. The quantitative estimate of drug-likeness (QED) is 0.643. The fourth-order valence-corrected chi connectivity index (χ4v) is 1.01. The van der Waals surface area contributed by atoms with Gasteiger partial charge in [-0.15, -0.1) is 11.6 Å². The van der Waals surface area contributed by atoms with Gasteiger partial charge >= 0.3 is 0 Å². The van der Waals surface area contributed by atoms with Gasteiger partial charge in [-0.3, -0.25) is 0 Å². The summed E-state index contributed by atoms with van der Waals surface area (Å²) in [7, 11) is 0. The molecule has 1 rings (SSSR count). The standard InChI is InChI=1S/C10H9ClF2/c1-7(6-11)5-8-9(12)3-2-4-10(8)13/h2-5H,6H2,1H3/b7-5-. The number of hydrogen-bond acceptors (Lipinski definition) is 0. The van der Waals surface area contributed by atoms with Gasteiger partial charge in [-0.25, -0.2) is 8.78 Å². The van der Waals surface area contributed by atoms with Gasteiger partial charge in [0, 0.05) is 11.4 Å². The number of rotatable bonds is 2. The van der Waals surface area contributed by atoms with Crippen LogP contribution in [0.15, 0.2) is 23.8 Å². The molecule has 0 N–H and O–H groups in total. The molecule has 0 nitrogen and oxygen atoms in total. The zero-order chi connectivity index (χ0) is 9.84. The van der Waals surface area contributed by atoms with Crippen LogP contribution in [0.5, 0.6) is 0 Å². The molecule has 0 heterocycles. The molecule has 0 amide bonds. The molecule has 0 aliphatic heterocycles. The van der Waals surface area contributed by atoms with Gasteiger partial charge in [0.15, 0.2) is 0 Å². The first-order chi connectivity index (χ1) is 6.15. The predicted octanol–water partition coefficient (Wildman–Crippen LogP) is 3.61. The Kier molecular flexibility index (Phi) is 3.43. The summed E-state index contributed by atoms with van der Waals surface area (Å²) in [5, 5.41) is 0. The Morgan fingerprint density at radius 3 is 2.38 bits per heavy atom. The van der Waals surface area contributed by atoms with Crippen LogP contribution in [-0.2, 0) is 0 Å². The molecule has 0 aromatic heterocycles. The molecule has 13 heavy (non-hydrogen) atoms. The lowest BCUT2D eigenvalue weighted by Gasteiger charge is -2.00. The first-order valence-electron chi connectivity index (χ1n) is 3.82. The highest BCUT2D eigenvalue weighted by Gasteiger charge is 2.04. The lowest BCUT2D eigenvalue weighted by Crippen LogP contribution is -1.89. The largest absolute Gasteiger partial charge is 0.206 e. The lowest BCUT2D eigenvalue weighted by molar-refractivity contribution is 0.578. The molecule has 0 aliphatic carbocycles. The lowest BCUT2D eigenvalue weighted by atomic mass is 10.1. The van der Waals surface area contributed by atoms with Gasteiger partial charge in [0.05, 0.1) is 0 Å². The van der Waals surface area contributed by atoms with E-state index in [0.717, 1.165) is 5.57 Å². The maximum Gasteiger partial charge on any atom is 0.133 e. The Balaban J connectivity index is 3.14. The van der Waals surface area contributed by atoms with Gasteiger partial charge in [0.1, 0.15) is 11.6 Å². The van der Waals surface area contributed by atoms with E-state index in [9.17, 15) is 8.78 Å². The van der Waals surface area contributed by atoms with Crippen LogP contribution in [0, 0.1) is 11.6 Å². The summed E-state index contributed by atoms with van der Waals surface area (Å²) >= 11 is 5.49. The molecule has 0 fully saturated rings. The Hall–Kier alpha value is -0.890. The molecule has 0 saturated carbocycles. The third-order valence-corrected chi connectivity index (χ3v) is 2.02. The molecule has 0 atom stereocenters. The van der Waals surface area contributed by atoms with E-state index >= 15 is 0 Å². The Bertz CT molecular complexity index is 311. The maximum absolute atomic E-state index is 13.0. The SMILES string of the molecule is C/C(=C/c1c(F)cccc1F)CCl. The van der Waals surface area contributed by atoms with Crippen LogP contribution in [0.4, 0.5) is 8.78 Å². The smallest absolute Gasteiger partial charge is 0.133 e. The maximum atomic E-state index is 13.0. The molecule has 0 unspecified atom stereocenters. The summed E-state index contributed by atoms with van der Waals surface area (Å²) in [6.07, 6.45) is 1.41. The summed E-state index contributed by atoms with van der Waals surface area (Å²) in [5.74, 6) is -0.859. The van der Waals surface area contributed by atoms with Crippen molar-refractivity contribution in [2.75, 3.05) is 5.88 Å². The van der Waals surface area contributed by atoms with Crippen LogP contribution < -0.4 is 0 Å². The van der Waals surface area contributed by atoms with Crippen molar-refractivity contribution >= 4 is 17.7 Å². The van der Waals surface area contributed by atoms with Crippen LogP contribution in [0.25, 0.3) is 6.08 Å². The van der Waals surface area contributed by atoms with Crippen molar-refractivity contribution < 1.29 is 8.78 Å². The third-order valence-electron chi connectivity index (χ3n) is 1.60. The van der Waals surface area contributed by atoms with Gasteiger partial charge in [-0.05, 0) is 25.1 Å². The van der Waals surface area contributed by atoms with E-state index < -0.39 is 11.6 Å². The number of alkyl halides is 1. The first kappa shape index (κ1) is 10.2. The minimum Gasteiger partial charge on any atom is -0.206 e. The molecule has 0 spiro atoms. The van der Waals surface area contributed by atoms with Gasteiger partial charge in [-0.1, -0.05) is 11.6 Å². The van der Waals surface area contributed by atoms with Crippen molar-refractivity contribution in [1.82, 2.24) is 0 Å². The molecule has 70 valence electrons. The van der Waals surface area contributed by atoms with Gasteiger partial charge < -0.3 is 0 Å². The summed E-state index contributed by atoms with van der Waals surface area (Å²) in [4.78, 5) is 0. The minimum absolute atomic E-state index is 0.0272. The minimum atomic E-state index is -0.565. The van der Waals surface area contributed by atoms with E-state index in [1.165, 1.54) is 24.3 Å². The van der Waals surface area contributed by atoms with E-state index in [2.05, 4.69) is 0 Å². The fraction of sp³-hybridized carbons (Fsp3) is 0.200. The molecule has 0 bridgehead atoms. The second-order valence-corrected chi connectivity index (χ2v) is 3.03. The number of allylic oxidation sites excluding steroid dienone is 1. The van der Waals surface area contributed by atoms with Crippen molar-refractivity contribution in [3.63, 3.8) is 0 Å². The summed E-state index contributed by atoms with van der Waals surface area (Å²) in [6, 6.07) is 3.77. The van der Waals surface area contributed by atoms with Crippen LogP contribution >= 0.6 is 11.6 Å². The van der Waals surface area contributed by atoms with E-state index in [1.54, 1.807) is 6.92 Å². The Labute approximate surface area is 80.8 Å². The molecule has 0 saturated heterocycles. The zero-order valence-electron chi connectivity index (χ0n) is 7.15. The molecule has 1 aromatic rings. The van der Waals surface area contributed by atoms with Gasteiger partial charge in [0.25, 0.3) is 0 Å². The number of benzene rings is 1. The number of hydrogen-bond donors (Lipinski definition) is 0. The predicted molar refractivity (Wildman–Crippen MR) is 50.7 cm³/mol. The summed E-state index contributed by atoms with van der Waals surface area (Å²) < 4.78 is 26.0. The van der Waals surface area contributed by atoms with Crippen molar-refractivity contribution in [2.45, 2.75) is 6.92 Å². The fourth-order valence-electron chi connectivity index (χ4n) is 0.934. The average molecular weight is 203 g/mol. The highest BCUT2D eigenvalue weighted by molar-refractivity contribution is 6.19. The van der Waals surface area contributed by atoms with Gasteiger partial charge in [0.2, 0.25) is 0 Å². The third kappa shape index (κ3) is 2.52. The van der Waals surface area contributed by atoms with E-state index in [4.69, 9.17) is 11.6 Å². The van der Waals surface area contributed by atoms with Crippen molar-refractivity contribution in [3.8, 4) is 0 Å². The monoisotopic (exact) mass is 202 g/mol. The average Bonchev–Trinajstić information content (AvgIpc) is 2.11. The highest BCUT2D eigenvalue weighted by atomic mass is 35.5. The zero-order valence-corrected chi connectivity index (χ0v) is 7.91.